The van der Waals surface area contributed by atoms with Gasteiger partial charge in [0.25, 0.3) is 0 Å². The molecular weight excluding hydrogens is 461 g/mol. The van der Waals surface area contributed by atoms with E-state index in [-0.39, 0.29) is 29.5 Å². The van der Waals surface area contributed by atoms with E-state index in [2.05, 4.69) is 5.32 Å². The van der Waals surface area contributed by atoms with Crippen LogP contribution in [0.25, 0.3) is 0 Å². The summed E-state index contributed by atoms with van der Waals surface area (Å²) >= 11 is 7.50. The zero-order chi connectivity index (χ0) is 23.4. The molecular formula is C25H25ClFN3O2S. The third kappa shape index (κ3) is 6.33. The molecule has 33 heavy (non-hydrogen) atoms. The van der Waals surface area contributed by atoms with Crippen molar-refractivity contribution in [1.29, 1.82) is 0 Å². The maximum absolute atomic E-state index is 13.4. The van der Waals surface area contributed by atoms with Gasteiger partial charge in [-0.1, -0.05) is 41.9 Å². The molecule has 2 aromatic carbocycles. The molecule has 1 aliphatic carbocycles. The first-order valence-electron chi connectivity index (χ1n) is 10.8. The molecule has 172 valence electrons. The van der Waals surface area contributed by atoms with Crippen molar-refractivity contribution in [3.8, 4) is 0 Å². The van der Waals surface area contributed by atoms with Crippen LogP contribution in [0.15, 0.2) is 60.7 Å². The van der Waals surface area contributed by atoms with Crippen molar-refractivity contribution in [1.82, 2.24) is 9.80 Å². The highest BCUT2D eigenvalue weighted by Gasteiger charge is 2.35. The first-order chi connectivity index (χ1) is 15.9. The smallest absolute Gasteiger partial charge is 0.322 e. The summed E-state index contributed by atoms with van der Waals surface area (Å²) in [5.74, 6) is -0.673. The number of thiophene rings is 1. The Morgan fingerprint density at radius 2 is 1.85 bits per heavy atom. The number of hydrogen-bond donors (Lipinski definition) is 1. The van der Waals surface area contributed by atoms with Crippen LogP contribution >= 0.6 is 22.9 Å². The number of benzene rings is 2. The fraction of sp³-hybridized carbons (Fsp3) is 0.280. The summed E-state index contributed by atoms with van der Waals surface area (Å²) in [6.07, 6.45) is 1.71. The van der Waals surface area contributed by atoms with Crippen molar-refractivity contribution in [3.05, 3.63) is 86.8 Å². The Morgan fingerprint density at radius 3 is 2.48 bits per heavy atom. The van der Waals surface area contributed by atoms with Crippen LogP contribution in [0.4, 0.5) is 14.9 Å². The highest BCUT2D eigenvalue weighted by Crippen LogP contribution is 2.28. The van der Waals surface area contributed by atoms with E-state index < -0.39 is 5.82 Å². The predicted octanol–water partition coefficient (Wildman–Crippen LogP) is 6.07. The fourth-order valence-electron chi connectivity index (χ4n) is 3.56. The van der Waals surface area contributed by atoms with Crippen LogP contribution in [0, 0.1) is 12.7 Å². The molecule has 1 aliphatic rings. The second-order valence-electron chi connectivity index (χ2n) is 8.17. The second-order valence-corrected chi connectivity index (χ2v) is 9.95. The molecule has 0 bridgehead atoms. The van der Waals surface area contributed by atoms with Gasteiger partial charge >= 0.3 is 6.03 Å². The second kappa shape index (κ2) is 10.4. The Kier molecular flexibility index (Phi) is 7.30. The molecule has 0 radical (unpaired) electrons. The SMILES string of the molecule is Cc1ccc(CN(Cc2ccccc2)C(=O)CN(C(=O)Nc2ccc(F)c(Cl)c2)C2CC2)s1. The number of hydrogen-bond acceptors (Lipinski definition) is 3. The van der Waals surface area contributed by atoms with Crippen molar-refractivity contribution in [2.24, 2.45) is 0 Å². The van der Waals surface area contributed by atoms with Crippen LogP contribution in [0.3, 0.4) is 0 Å². The summed E-state index contributed by atoms with van der Waals surface area (Å²) in [6.45, 7) is 2.96. The highest BCUT2D eigenvalue weighted by atomic mass is 35.5. The van der Waals surface area contributed by atoms with Crippen LogP contribution in [-0.4, -0.2) is 34.3 Å². The highest BCUT2D eigenvalue weighted by molar-refractivity contribution is 7.11. The van der Waals surface area contributed by atoms with Crippen LogP contribution < -0.4 is 5.32 Å². The maximum Gasteiger partial charge on any atom is 0.322 e. The summed E-state index contributed by atoms with van der Waals surface area (Å²) in [7, 11) is 0. The molecule has 3 aromatic rings. The quantitative estimate of drug-likeness (QED) is 0.420. The number of urea groups is 1. The summed E-state index contributed by atoms with van der Waals surface area (Å²) in [5.41, 5.74) is 1.42. The number of carbonyl (C=O) groups excluding carboxylic acids is 2. The zero-order valence-corrected chi connectivity index (χ0v) is 19.8. The minimum absolute atomic E-state index is 0.0208. The van der Waals surface area contributed by atoms with Gasteiger partial charge in [0.2, 0.25) is 5.91 Å². The summed E-state index contributed by atoms with van der Waals surface area (Å²) < 4.78 is 13.4. The molecule has 1 heterocycles. The Bertz CT molecular complexity index is 1130. The Labute approximate surface area is 201 Å². The Morgan fingerprint density at radius 1 is 1.09 bits per heavy atom. The number of nitrogens with one attached hydrogen (secondary N) is 1. The lowest BCUT2D eigenvalue weighted by Crippen LogP contribution is -2.45. The molecule has 0 saturated heterocycles. The number of aryl methyl sites for hydroxylation is 1. The topological polar surface area (TPSA) is 52.7 Å². The molecule has 4 rings (SSSR count). The van der Waals surface area contributed by atoms with E-state index in [9.17, 15) is 14.0 Å². The van der Waals surface area contributed by atoms with Gasteiger partial charge in [0, 0.05) is 28.0 Å². The normalized spacial score (nSPS) is 12.9. The first kappa shape index (κ1) is 23.3. The molecule has 0 aliphatic heterocycles. The summed E-state index contributed by atoms with van der Waals surface area (Å²) in [6, 6.07) is 17.6. The van der Waals surface area contributed by atoms with Gasteiger partial charge in [-0.2, -0.15) is 0 Å². The summed E-state index contributed by atoms with van der Waals surface area (Å²) in [5, 5.41) is 2.68. The molecule has 1 fully saturated rings. The molecule has 0 atom stereocenters. The van der Waals surface area contributed by atoms with E-state index in [1.54, 1.807) is 21.1 Å². The first-order valence-corrected chi connectivity index (χ1v) is 12.0. The van der Waals surface area contributed by atoms with Gasteiger partial charge in [-0.05, 0) is 55.7 Å². The minimum Gasteiger partial charge on any atom is -0.332 e. The zero-order valence-electron chi connectivity index (χ0n) is 18.3. The standard InChI is InChI=1S/C25H25ClFN3O2S/c1-17-7-11-21(33-17)15-29(14-18-5-3-2-4-6-18)24(31)16-30(20-9-10-20)25(32)28-19-8-12-23(27)22(26)13-19/h2-8,11-13,20H,9-10,14-16H2,1H3,(H,28,32). The molecule has 0 spiro atoms. The molecule has 1 saturated carbocycles. The average molecular weight is 486 g/mol. The van der Waals surface area contributed by atoms with Crippen LogP contribution in [-0.2, 0) is 17.9 Å². The van der Waals surface area contributed by atoms with Gasteiger partial charge in [0.15, 0.2) is 0 Å². The molecule has 5 nitrogen and oxygen atoms in total. The number of amides is 3. The number of nitrogens with zero attached hydrogens (tertiary/aromatic N) is 2. The van der Waals surface area contributed by atoms with Gasteiger partial charge in [-0.15, -0.1) is 11.3 Å². The van der Waals surface area contributed by atoms with Crippen LogP contribution in [0.1, 0.15) is 28.2 Å². The minimum atomic E-state index is -0.552. The van der Waals surface area contributed by atoms with Crippen molar-refractivity contribution < 1.29 is 14.0 Å². The third-order valence-electron chi connectivity index (χ3n) is 5.44. The van der Waals surface area contributed by atoms with Gasteiger partial charge in [-0.3, -0.25) is 4.79 Å². The van der Waals surface area contributed by atoms with E-state index in [0.717, 1.165) is 23.3 Å². The van der Waals surface area contributed by atoms with Crippen molar-refractivity contribution >= 4 is 40.6 Å². The van der Waals surface area contributed by atoms with E-state index in [4.69, 9.17) is 11.6 Å². The van der Waals surface area contributed by atoms with Crippen LogP contribution in [0.2, 0.25) is 5.02 Å². The molecule has 1 N–H and O–H groups in total. The van der Waals surface area contributed by atoms with E-state index in [1.807, 2.05) is 49.4 Å². The number of rotatable bonds is 8. The Hall–Kier alpha value is -2.90. The van der Waals surface area contributed by atoms with E-state index in [0.29, 0.717) is 18.8 Å². The average Bonchev–Trinajstić information content (AvgIpc) is 3.55. The largest absolute Gasteiger partial charge is 0.332 e. The van der Waals surface area contributed by atoms with Crippen molar-refractivity contribution in [2.45, 2.75) is 38.9 Å². The lowest BCUT2D eigenvalue weighted by Gasteiger charge is -2.28. The number of halogens is 2. The van der Waals surface area contributed by atoms with Gasteiger partial charge in [0.05, 0.1) is 11.6 Å². The van der Waals surface area contributed by atoms with Gasteiger partial charge in [-0.25, -0.2) is 9.18 Å². The monoisotopic (exact) mass is 485 g/mol. The lowest BCUT2D eigenvalue weighted by molar-refractivity contribution is -0.133. The molecule has 8 heteroatoms. The van der Waals surface area contributed by atoms with Crippen molar-refractivity contribution in [2.75, 3.05) is 11.9 Å². The molecule has 3 amide bonds. The third-order valence-corrected chi connectivity index (χ3v) is 6.71. The van der Waals surface area contributed by atoms with E-state index in [1.165, 1.54) is 23.1 Å². The maximum atomic E-state index is 13.4. The number of anilines is 1. The fourth-order valence-corrected chi connectivity index (χ4v) is 4.65. The van der Waals surface area contributed by atoms with Gasteiger partial charge in [0.1, 0.15) is 12.4 Å². The van der Waals surface area contributed by atoms with Crippen molar-refractivity contribution in [3.63, 3.8) is 0 Å². The molecule has 1 aromatic heterocycles. The predicted molar refractivity (Wildman–Crippen MR) is 130 cm³/mol. The Balaban J connectivity index is 1.48. The van der Waals surface area contributed by atoms with Gasteiger partial charge < -0.3 is 15.1 Å². The summed E-state index contributed by atoms with van der Waals surface area (Å²) in [4.78, 5) is 32.0. The number of carbonyl (C=O) groups is 2. The lowest BCUT2D eigenvalue weighted by atomic mass is 10.2. The van der Waals surface area contributed by atoms with Crippen LogP contribution in [0.5, 0.6) is 0 Å². The molecule has 0 unspecified atom stereocenters. The van der Waals surface area contributed by atoms with E-state index >= 15 is 0 Å².